The predicted octanol–water partition coefficient (Wildman–Crippen LogP) is -3.50. The third kappa shape index (κ3) is 5.48. The second-order valence-corrected chi connectivity index (χ2v) is 5.28. The zero-order valence-corrected chi connectivity index (χ0v) is 15.1. The van der Waals surface area contributed by atoms with Gasteiger partial charge in [-0.2, -0.15) is 0 Å². The molecular weight excluding hydrogens is 303 g/mol. The largest absolute Gasteiger partial charge is 1.00 e. The molecule has 1 saturated heterocycles. The van der Waals surface area contributed by atoms with Crippen molar-refractivity contribution in [3.05, 3.63) is 0 Å². The minimum absolute atomic E-state index is 0. The number of hydrogen-bond acceptors (Lipinski definition) is 8. The monoisotopic (exact) mass is 322 g/mol. The Morgan fingerprint density at radius 3 is 2.05 bits per heavy atom. The molecular formula is C10H19NaO8S. The molecule has 0 aliphatic carbocycles. The van der Waals surface area contributed by atoms with Crippen LogP contribution < -0.4 is 29.6 Å². The van der Waals surface area contributed by atoms with E-state index in [0.717, 1.165) is 0 Å². The van der Waals surface area contributed by atoms with Gasteiger partial charge in [-0.25, -0.2) is 8.42 Å². The van der Waals surface area contributed by atoms with Crippen LogP contribution in [0, 0.1) is 5.92 Å². The SMILES string of the molecule is CO[C@@H]1OC(COS(=O)(=O)[O-])[C@H](C)[C@H](OC)[C@@H]1OC.[Na+]. The van der Waals surface area contributed by atoms with Gasteiger partial charge in [0.25, 0.3) is 0 Å². The van der Waals surface area contributed by atoms with Crippen LogP contribution >= 0.6 is 0 Å². The molecule has 8 nitrogen and oxygen atoms in total. The van der Waals surface area contributed by atoms with Crippen LogP contribution in [0.15, 0.2) is 0 Å². The van der Waals surface area contributed by atoms with Gasteiger partial charge in [0.1, 0.15) is 6.10 Å². The number of hydrogen-bond donors (Lipinski definition) is 0. The Kier molecular flexibility index (Phi) is 9.30. The van der Waals surface area contributed by atoms with Crippen LogP contribution in [0.5, 0.6) is 0 Å². The van der Waals surface area contributed by atoms with Crippen molar-refractivity contribution in [1.82, 2.24) is 0 Å². The predicted molar refractivity (Wildman–Crippen MR) is 62.1 cm³/mol. The molecule has 0 aromatic heterocycles. The maximum Gasteiger partial charge on any atom is 1.00 e. The van der Waals surface area contributed by atoms with E-state index in [9.17, 15) is 13.0 Å². The maximum atomic E-state index is 10.5. The van der Waals surface area contributed by atoms with Gasteiger partial charge >= 0.3 is 29.6 Å². The van der Waals surface area contributed by atoms with Crippen molar-refractivity contribution >= 4 is 10.4 Å². The van der Waals surface area contributed by atoms with E-state index < -0.39 is 28.9 Å². The molecule has 114 valence electrons. The van der Waals surface area contributed by atoms with E-state index >= 15 is 0 Å². The maximum absolute atomic E-state index is 10.5. The van der Waals surface area contributed by atoms with Gasteiger partial charge in [0.15, 0.2) is 6.29 Å². The van der Waals surface area contributed by atoms with Gasteiger partial charge in [-0.1, -0.05) is 6.92 Å². The first-order chi connectivity index (χ1) is 8.84. The van der Waals surface area contributed by atoms with Crippen molar-refractivity contribution in [1.29, 1.82) is 0 Å². The first-order valence-electron chi connectivity index (χ1n) is 5.68. The van der Waals surface area contributed by atoms with Crippen LogP contribution in [0.1, 0.15) is 6.92 Å². The Labute approximate surface area is 141 Å². The van der Waals surface area contributed by atoms with Crippen molar-refractivity contribution in [2.24, 2.45) is 5.92 Å². The molecule has 20 heavy (non-hydrogen) atoms. The van der Waals surface area contributed by atoms with Crippen LogP contribution in [0.25, 0.3) is 0 Å². The average molecular weight is 322 g/mol. The Balaban J connectivity index is 0.00000361. The quantitative estimate of drug-likeness (QED) is 0.282. The first kappa shape index (κ1) is 20.7. The number of methoxy groups -OCH3 is 3. The molecule has 5 atom stereocenters. The van der Waals surface area contributed by atoms with Crippen LogP contribution in [-0.2, 0) is 33.5 Å². The zero-order chi connectivity index (χ0) is 14.6. The summed E-state index contributed by atoms with van der Waals surface area (Å²) >= 11 is 0. The van der Waals surface area contributed by atoms with Gasteiger partial charge in [-0.15, -0.1) is 0 Å². The zero-order valence-electron chi connectivity index (χ0n) is 12.3. The van der Waals surface area contributed by atoms with Gasteiger partial charge in [0.05, 0.1) is 18.8 Å². The molecule has 0 radical (unpaired) electrons. The van der Waals surface area contributed by atoms with E-state index in [-0.39, 0.29) is 48.2 Å². The van der Waals surface area contributed by atoms with E-state index in [1.807, 2.05) is 0 Å². The number of ether oxygens (including phenoxy) is 4. The minimum atomic E-state index is -4.76. The van der Waals surface area contributed by atoms with E-state index in [0.29, 0.717) is 0 Å². The summed E-state index contributed by atoms with van der Waals surface area (Å²) < 4.78 is 56.9. The fraction of sp³-hybridized carbons (Fsp3) is 1.00. The standard InChI is InChI=1S/C10H20O8S.Na/c1-6-7(5-17-19(11,12)13)18-10(16-4)9(15-3)8(6)14-2;/h6-10H,5H2,1-4H3,(H,11,12,13);/q;+1/p-1/t6-,7?,8-,9-,10+;/m0./s1. The molecule has 1 unspecified atom stereocenters. The molecule has 0 amide bonds. The van der Waals surface area contributed by atoms with Crippen LogP contribution in [0.3, 0.4) is 0 Å². The second kappa shape index (κ2) is 8.99. The molecule has 0 saturated carbocycles. The molecule has 0 aromatic carbocycles. The Bertz CT molecular complexity index is 375. The summed E-state index contributed by atoms with van der Waals surface area (Å²) in [6.45, 7) is 1.40. The van der Waals surface area contributed by atoms with Crippen molar-refractivity contribution in [2.45, 2.75) is 31.5 Å². The fourth-order valence-corrected chi connectivity index (χ4v) is 2.47. The fourth-order valence-electron chi connectivity index (χ4n) is 2.16. The van der Waals surface area contributed by atoms with Crippen molar-refractivity contribution < 1.29 is 65.7 Å². The molecule has 10 heteroatoms. The third-order valence-electron chi connectivity index (χ3n) is 3.16. The molecule has 1 aliphatic heterocycles. The van der Waals surface area contributed by atoms with Crippen LogP contribution in [0.2, 0.25) is 0 Å². The summed E-state index contributed by atoms with van der Waals surface area (Å²) in [5.41, 5.74) is 0. The Morgan fingerprint density at radius 2 is 1.65 bits per heavy atom. The second-order valence-electron chi connectivity index (χ2n) is 4.23. The van der Waals surface area contributed by atoms with Gasteiger partial charge in [-0.3, -0.25) is 4.18 Å². The molecule has 1 rings (SSSR count). The van der Waals surface area contributed by atoms with Crippen molar-refractivity contribution in [3.63, 3.8) is 0 Å². The summed E-state index contributed by atoms with van der Waals surface area (Å²) in [6, 6.07) is 0. The average Bonchev–Trinajstić information content (AvgIpc) is 2.35. The van der Waals surface area contributed by atoms with Gasteiger partial charge in [0, 0.05) is 27.2 Å². The topological polar surface area (TPSA) is 103 Å². The number of rotatable bonds is 6. The van der Waals surface area contributed by atoms with Gasteiger partial charge in [-0.05, 0) is 0 Å². The minimum Gasteiger partial charge on any atom is -0.726 e. The van der Waals surface area contributed by atoms with Gasteiger partial charge < -0.3 is 23.5 Å². The molecule has 0 aromatic rings. The summed E-state index contributed by atoms with van der Waals surface area (Å²) in [6.07, 6.45) is -2.20. The third-order valence-corrected chi connectivity index (χ3v) is 3.58. The van der Waals surface area contributed by atoms with E-state index in [1.165, 1.54) is 21.3 Å². The smallest absolute Gasteiger partial charge is 0.726 e. The summed E-state index contributed by atoms with van der Waals surface area (Å²) in [5.74, 6) is -0.233. The Morgan fingerprint density at radius 1 is 1.10 bits per heavy atom. The summed E-state index contributed by atoms with van der Waals surface area (Å²) in [5, 5.41) is 0. The summed E-state index contributed by atoms with van der Waals surface area (Å²) in [4.78, 5) is 0. The van der Waals surface area contributed by atoms with E-state index in [4.69, 9.17) is 18.9 Å². The molecule has 1 fully saturated rings. The normalized spacial score (nSPS) is 34.5. The first-order valence-corrected chi connectivity index (χ1v) is 7.01. The van der Waals surface area contributed by atoms with Crippen molar-refractivity contribution in [2.75, 3.05) is 27.9 Å². The summed E-state index contributed by atoms with van der Waals surface area (Å²) in [7, 11) is -0.320. The van der Waals surface area contributed by atoms with E-state index in [2.05, 4.69) is 4.18 Å². The molecule has 0 N–H and O–H groups in total. The van der Waals surface area contributed by atoms with Crippen molar-refractivity contribution in [3.8, 4) is 0 Å². The molecule has 0 bridgehead atoms. The molecule has 0 spiro atoms. The van der Waals surface area contributed by atoms with Crippen LogP contribution in [-0.4, -0.2) is 65.5 Å². The Hall–Kier alpha value is 0.710. The van der Waals surface area contributed by atoms with Gasteiger partial charge in [0.2, 0.25) is 10.4 Å². The molecule has 1 aliphatic rings. The van der Waals surface area contributed by atoms with Crippen LogP contribution in [0.4, 0.5) is 0 Å². The molecule has 1 heterocycles. The van der Waals surface area contributed by atoms with E-state index in [1.54, 1.807) is 6.92 Å².